The summed E-state index contributed by atoms with van der Waals surface area (Å²) in [6.07, 6.45) is -0.323. The van der Waals surface area contributed by atoms with Gasteiger partial charge in [0.05, 0.1) is 10.6 Å². The van der Waals surface area contributed by atoms with Crippen molar-refractivity contribution in [1.82, 2.24) is 4.90 Å². The van der Waals surface area contributed by atoms with Crippen molar-refractivity contribution in [1.29, 1.82) is 0 Å². The fourth-order valence-corrected chi connectivity index (χ4v) is 5.67. The highest BCUT2D eigenvalue weighted by atomic mass is 32.2. The lowest BCUT2D eigenvalue weighted by atomic mass is 10.1. The van der Waals surface area contributed by atoms with Gasteiger partial charge < -0.3 is 20.3 Å². The Morgan fingerprint density at radius 1 is 0.909 bits per heavy atom. The fourth-order valence-electron chi connectivity index (χ4n) is 4.09. The lowest BCUT2D eigenvalue weighted by molar-refractivity contribution is 0.0240. The average molecular weight is 468 g/mol. The number of amides is 1. The van der Waals surface area contributed by atoms with Crippen LogP contribution >= 0.6 is 0 Å². The van der Waals surface area contributed by atoms with Gasteiger partial charge in [0.25, 0.3) is 0 Å². The molecule has 0 bridgehead atoms. The highest BCUT2D eigenvalue weighted by molar-refractivity contribution is 7.92. The first-order chi connectivity index (χ1) is 15.6. The van der Waals surface area contributed by atoms with Crippen molar-refractivity contribution in [2.45, 2.75) is 36.2 Å². The molecule has 7 nitrogen and oxygen atoms in total. The number of nitrogens with zero attached hydrogens (tertiary/aromatic N) is 2. The Labute approximate surface area is 194 Å². The number of sulfone groups is 1. The SMILES string of the molecule is CC(C)(C)OC(=O)N1CCN(c2cc(N)c(S(=O)(=O)c3ccccc3)c3ccccc23)CC1. The van der Waals surface area contributed by atoms with E-state index in [4.69, 9.17) is 10.5 Å². The molecule has 1 amide bonds. The third kappa shape index (κ3) is 4.61. The summed E-state index contributed by atoms with van der Waals surface area (Å²) in [5.41, 5.74) is 6.90. The van der Waals surface area contributed by atoms with Crippen molar-refractivity contribution in [3.8, 4) is 0 Å². The van der Waals surface area contributed by atoms with Crippen molar-refractivity contribution in [3.63, 3.8) is 0 Å². The van der Waals surface area contributed by atoms with Gasteiger partial charge in [-0.15, -0.1) is 0 Å². The molecule has 1 aliphatic heterocycles. The van der Waals surface area contributed by atoms with E-state index in [-0.39, 0.29) is 21.6 Å². The lowest BCUT2D eigenvalue weighted by Gasteiger charge is -2.37. The maximum Gasteiger partial charge on any atom is 0.410 e. The summed E-state index contributed by atoms with van der Waals surface area (Å²) >= 11 is 0. The monoisotopic (exact) mass is 467 g/mol. The van der Waals surface area contributed by atoms with Crippen LogP contribution in [-0.2, 0) is 14.6 Å². The van der Waals surface area contributed by atoms with Gasteiger partial charge in [-0.1, -0.05) is 42.5 Å². The first-order valence-electron chi connectivity index (χ1n) is 10.9. The molecule has 174 valence electrons. The number of nitrogen functional groups attached to an aromatic ring is 1. The van der Waals surface area contributed by atoms with Gasteiger partial charge in [-0.2, -0.15) is 0 Å². The van der Waals surface area contributed by atoms with E-state index < -0.39 is 15.4 Å². The zero-order valence-corrected chi connectivity index (χ0v) is 19.9. The molecule has 0 saturated carbocycles. The number of piperazine rings is 1. The van der Waals surface area contributed by atoms with Gasteiger partial charge in [0, 0.05) is 42.6 Å². The van der Waals surface area contributed by atoms with Crippen molar-refractivity contribution in [2.75, 3.05) is 36.8 Å². The minimum absolute atomic E-state index is 0.125. The maximum absolute atomic E-state index is 13.4. The van der Waals surface area contributed by atoms with Crippen LogP contribution in [0.3, 0.4) is 0 Å². The molecule has 3 aromatic rings. The van der Waals surface area contributed by atoms with E-state index in [2.05, 4.69) is 4.90 Å². The molecule has 0 aliphatic carbocycles. The highest BCUT2D eigenvalue weighted by Gasteiger charge is 2.29. The summed E-state index contributed by atoms with van der Waals surface area (Å²) in [6.45, 7) is 7.74. The number of rotatable bonds is 3. The number of benzene rings is 3. The van der Waals surface area contributed by atoms with E-state index in [0.29, 0.717) is 31.6 Å². The third-order valence-electron chi connectivity index (χ3n) is 5.60. The summed E-state index contributed by atoms with van der Waals surface area (Å²) in [7, 11) is -3.79. The standard InChI is InChI=1S/C25H29N3O4S/c1-25(2,3)32-24(29)28-15-13-27(14-16-28)22-17-21(26)23(20-12-8-7-11-19(20)22)33(30,31)18-9-5-4-6-10-18/h4-12,17H,13-16,26H2,1-3H3. The Bertz CT molecular complexity index is 1280. The van der Waals surface area contributed by atoms with Gasteiger partial charge in [-0.25, -0.2) is 13.2 Å². The number of carbonyl (C=O) groups is 1. The Hall–Kier alpha value is -3.26. The number of nitrogens with two attached hydrogens (primary N) is 1. The Balaban J connectivity index is 1.68. The lowest BCUT2D eigenvalue weighted by Crippen LogP contribution is -2.50. The second kappa shape index (κ2) is 8.59. The van der Waals surface area contributed by atoms with E-state index >= 15 is 0 Å². The fraction of sp³-hybridized carbons (Fsp3) is 0.320. The topological polar surface area (TPSA) is 92.9 Å². The summed E-state index contributed by atoms with van der Waals surface area (Å²) in [5, 5.41) is 1.40. The summed E-state index contributed by atoms with van der Waals surface area (Å²) in [6, 6.07) is 17.5. The van der Waals surface area contributed by atoms with Crippen molar-refractivity contribution < 1.29 is 17.9 Å². The van der Waals surface area contributed by atoms with Crippen LogP contribution in [0.1, 0.15) is 20.8 Å². The van der Waals surface area contributed by atoms with E-state index in [1.54, 1.807) is 47.4 Å². The van der Waals surface area contributed by atoms with Crippen LogP contribution in [-0.4, -0.2) is 51.2 Å². The molecule has 8 heteroatoms. The molecule has 0 radical (unpaired) electrons. The number of hydrogen-bond acceptors (Lipinski definition) is 6. The molecule has 1 heterocycles. The molecule has 33 heavy (non-hydrogen) atoms. The molecule has 1 aliphatic rings. The van der Waals surface area contributed by atoms with Crippen LogP contribution in [0.15, 0.2) is 70.5 Å². The highest BCUT2D eigenvalue weighted by Crippen LogP contribution is 2.39. The molecule has 2 N–H and O–H groups in total. The number of carbonyl (C=O) groups excluding carboxylic acids is 1. The zero-order valence-electron chi connectivity index (χ0n) is 19.1. The molecular weight excluding hydrogens is 438 g/mol. The van der Waals surface area contributed by atoms with Gasteiger partial charge in [0.2, 0.25) is 9.84 Å². The smallest absolute Gasteiger partial charge is 0.410 e. The summed E-state index contributed by atoms with van der Waals surface area (Å²) in [5.74, 6) is 0. The molecule has 1 saturated heterocycles. The van der Waals surface area contributed by atoms with Crippen LogP contribution < -0.4 is 10.6 Å². The minimum Gasteiger partial charge on any atom is -0.444 e. The Morgan fingerprint density at radius 3 is 2.09 bits per heavy atom. The molecule has 1 fully saturated rings. The van der Waals surface area contributed by atoms with Gasteiger partial charge in [-0.3, -0.25) is 0 Å². The van der Waals surface area contributed by atoms with Crippen LogP contribution in [0.2, 0.25) is 0 Å². The first-order valence-corrected chi connectivity index (χ1v) is 12.4. The van der Waals surface area contributed by atoms with E-state index in [9.17, 15) is 13.2 Å². The minimum atomic E-state index is -3.79. The molecule has 4 rings (SSSR count). The van der Waals surface area contributed by atoms with E-state index in [1.807, 2.05) is 39.0 Å². The average Bonchev–Trinajstić information content (AvgIpc) is 2.78. The number of anilines is 2. The molecule has 0 unspecified atom stereocenters. The van der Waals surface area contributed by atoms with Crippen LogP contribution in [0.4, 0.5) is 16.2 Å². The Morgan fingerprint density at radius 2 is 1.48 bits per heavy atom. The second-order valence-electron chi connectivity index (χ2n) is 9.13. The predicted molar refractivity (Wildman–Crippen MR) is 130 cm³/mol. The van der Waals surface area contributed by atoms with Crippen molar-refractivity contribution in [2.24, 2.45) is 0 Å². The quantitative estimate of drug-likeness (QED) is 0.577. The number of fused-ring (bicyclic) bond motifs is 1. The molecule has 3 aromatic carbocycles. The zero-order chi connectivity index (χ0) is 23.8. The first kappa shape index (κ1) is 22.9. The van der Waals surface area contributed by atoms with Gasteiger partial charge in [0.15, 0.2) is 0 Å². The number of ether oxygens (including phenoxy) is 1. The third-order valence-corrected chi connectivity index (χ3v) is 7.48. The summed E-state index contributed by atoms with van der Waals surface area (Å²) < 4.78 is 32.4. The van der Waals surface area contributed by atoms with Crippen LogP contribution in [0.25, 0.3) is 10.8 Å². The predicted octanol–water partition coefficient (Wildman–Crippen LogP) is 4.31. The van der Waals surface area contributed by atoms with E-state index in [0.717, 1.165) is 11.1 Å². The van der Waals surface area contributed by atoms with Crippen LogP contribution in [0, 0.1) is 0 Å². The molecule has 0 spiro atoms. The van der Waals surface area contributed by atoms with Crippen molar-refractivity contribution in [3.05, 3.63) is 60.7 Å². The Kier molecular flexibility index (Phi) is 5.97. The normalized spacial score (nSPS) is 15.0. The van der Waals surface area contributed by atoms with Crippen LogP contribution in [0.5, 0.6) is 0 Å². The van der Waals surface area contributed by atoms with Gasteiger partial charge in [0.1, 0.15) is 10.5 Å². The maximum atomic E-state index is 13.4. The number of hydrogen-bond donors (Lipinski definition) is 1. The van der Waals surface area contributed by atoms with Gasteiger partial charge in [-0.05, 0) is 39.0 Å². The largest absolute Gasteiger partial charge is 0.444 e. The van der Waals surface area contributed by atoms with Crippen molar-refractivity contribution >= 4 is 38.1 Å². The molecular formula is C25H29N3O4S. The van der Waals surface area contributed by atoms with E-state index in [1.165, 1.54) is 0 Å². The molecule has 0 aromatic heterocycles. The molecule has 0 atom stereocenters. The second-order valence-corrected chi connectivity index (χ2v) is 11.0. The van der Waals surface area contributed by atoms with Gasteiger partial charge >= 0.3 is 6.09 Å². The summed E-state index contributed by atoms with van der Waals surface area (Å²) in [4.78, 5) is 16.6.